The molecule has 1 fully saturated rings. The lowest BCUT2D eigenvalue weighted by atomic mass is 10.0. The normalized spacial score (nSPS) is 26.1. The number of rotatable bonds is 2. The van der Waals surface area contributed by atoms with E-state index in [1.807, 2.05) is 13.8 Å². The van der Waals surface area contributed by atoms with Crippen molar-refractivity contribution in [3.05, 3.63) is 28.7 Å². The third kappa shape index (κ3) is 2.35. The molecule has 18 heavy (non-hydrogen) atoms. The van der Waals surface area contributed by atoms with E-state index in [-0.39, 0.29) is 22.5 Å². The molecule has 0 aliphatic carbocycles. The van der Waals surface area contributed by atoms with Crippen molar-refractivity contribution < 1.29 is 8.42 Å². The number of nitrogens with one attached hydrogen (secondary N) is 1. The number of H-pyrrole nitrogens is 1. The molecule has 100 valence electrons. The lowest BCUT2D eigenvalue weighted by Crippen LogP contribution is -2.47. The third-order valence-electron chi connectivity index (χ3n) is 3.44. The van der Waals surface area contributed by atoms with Crippen molar-refractivity contribution >= 4 is 10.0 Å². The molecular formula is C12H18N2O3S. The summed E-state index contributed by atoms with van der Waals surface area (Å²) in [5.41, 5.74) is -0.298. The van der Waals surface area contributed by atoms with Crippen LogP contribution in [0.1, 0.15) is 33.1 Å². The van der Waals surface area contributed by atoms with Crippen LogP contribution in [0.15, 0.2) is 28.0 Å². The highest BCUT2D eigenvalue weighted by Gasteiger charge is 2.35. The Labute approximate surface area is 107 Å². The van der Waals surface area contributed by atoms with Gasteiger partial charge in [0.1, 0.15) is 0 Å². The van der Waals surface area contributed by atoms with Crippen LogP contribution in [-0.4, -0.2) is 29.8 Å². The first-order valence-electron chi connectivity index (χ1n) is 6.15. The Balaban J connectivity index is 2.41. The minimum absolute atomic E-state index is 0.00526. The SMILES string of the molecule is CC1CCCC(C)N1S(=O)(=O)c1ccc(=O)[nH]c1. The van der Waals surface area contributed by atoms with Gasteiger partial charge in [-0.25, -0.2) is 8.42 Å². The van der Waals surface area contributed by atoms with E-state index in [0.717, 1.165) is 19.3 Å². The van der Waals surface area contributed by atoms with Gasteiger partial charge in [0.25, 0.3) is 0 Å². The average molecular weight is 270 g/mol. The second kappa shape index (κ2) is 4.85. The molecule has 6 heteroatoms. The molecule has 1 N–H and O–H groups in total. The van der Waals surface area contributed by atoms with Gasteiger partial charge in [-0.2, -0.15) is 4.31 Å². The maximum atomic E-state index is 12.5. The van der Waals surface area contributed by atoms with Crippen LogP contribution in [0.3, 0.4) is 0 Å². The van der Waals surface area contributed by atoms with Crippen LogP contribution in [0.25, 0.3) is 0 Å². The Bertz CT molecular complexity index is 549. The topological polar surface area (TPSA) is 70.2 Å². The summed E-state index contributed by atoms with van der Waals surface area (Å²) in [5.74, 6) is 0. The Hall–Kier alpha value is -1.14. The summed E-state index contributed by atoms with van der Waals surface area (Å²) in [7, 11) is -3.51. The highest BCUT2D eigenvalue weighted by Crippen LogP contribution is 2.28. The molecule has 2 unspecified atom stereocenters. The molecule has 0 radical (unpaired) electrons. The van der Waals surface area contributed by atoms with E-state index in [1.165, 1.54) is 18.3 Å². The quantitative estimate of drug-likeness (QED) is 0.881. The number of aromatic amines is 1. The fourth-order valence-electron chi connectivity index (χ4n) is 2.55. The molecule has 2 atom stereocenters. The second-order valence-corrected chi connectivity index (χ2v) is 6.70. The first-order valence-corrected chi connectivity index (χ1v) is 7.59. The van der Waals surface area contributed by atoms with Crippen LogP contribution in [0.5, 0.6) is 0 Å². The van der Waals surface area contributed by atoms with Gasteiger partial charge in [-0.15, -0.1) is 0 Å². The zero-order chi connectivity index (χ0) is 13.3. The van der Waals surface area contributed by atoms with Crippen LogP contribution in [-0.2, 0) is 10.0 Å². The molecule has 0 amide bonds. The molecule has 0 bridgehead atoms. The van der Waals surface area contributed by atoms with Crippen molar-refractivity contribution in [2.24, 2.45) is 0 Å². The lowest BCUT2D eigenvalue weighted by Gasteiger charge is -2.37. The fourth-order valence-corrected chi connectivity index (χ4v) is 4.40. The van der Waals surface area contributed by atoms with Crippen LogP contribution in [0, 0.1) is 0 Å². The van der Waals surface area contributed by atoms with E-state index in [2.05, 4.69) is 4.98 Å². The van der Waals surface area contributed by atoms with Crippen LogP contribution < -0.4 is 5.56 Å². The Kier molecular flexibility index (Phi) is 3.59. The molecule has 1 aliphatic rings. The first kappa shape index (κ1) is 13.3. The largest absolute Gasteiger partial charge is 0.328 e. The zero-order valence-corrected chi connectivity index (χ0v) is 11.4. The maximum Gasteiger partial charge on any atom is 0.247 e. The summed E-state index contributed by atoms with van der Waals surface area (Å²) in [6.07, 6.45) is 4.09. The summed E-state index contributed by atoms with van der Waals surface area (Å²) in [6, 6.07) is 2.62. The molecule has 5 nitrogen and oxygen atoms in total. The summed E-state index contributed by atoms with van der Waals surface area (Å²) < 4.78 is 26.6. The van der Waals surface area contributed by atoms with E-state index in [0.29, 0.717) is 0 Å². The van der Waals surface area contributed by atoms with E-state index < -0.39 is 10.0 Å². The molecule has 2 heterocycles. The number of nitrogens with zero attached hydrogens (tertiary/aromatic N) is 1. The Morgan fingerprint density at radius 2 is 1.83 bits per heavy atom. The van der Waals surface area contributed by atoms with Crippen molar-refractivity contribution in [1.82, 2.24) is 9.29 Å². The van der Waals surface area contributed by atoms with E-state index in [4.69, 9.17) is 0 Å². The third-order valence-corrected chi connectivity index (χ3v) is 5.57. The minimum atomic E-state index is -3.51. The van der Waals surface area contributed by atoms with Gasteiger partial charge >= 0.3 is 0 Å². The van der Waals surface area contributed by atoms with Gasteiger partial charge in [0.2, 0.25) is 15.6 Å². The zero-order valence-electron chi connectivity index (χ0n) is 10.6. The number of hydrogen-bond acceptors (Lipinski definition) is 3. The molecular weight excluding hydrogens is 252 g/mol. The lowest BCUT2D eigenvalue weighted by molar-refractivity contribution is 0.204. The molecule has 1 aliphatic heterocycles. The van der Waals surface area contributed by atoms with Gasteiger partial charge < -0.3 is 4.98 Å². The first-order chi connectivity index (χ1) is 8.43. The summed E-state index contributed by atoms with van der Waals surface area (Å²) in [6.45, 7) is 3.86. The van der Waals surface area contributed by atoms with Crippen molar-refractivity contribution in [1.29, 1.82) is 0 Å². The van der Waals surface area contributed by atoms with Crippen molar-refractivity contribution in [3.63, 3.8) is 0 Å². The fraction of sp³-hybridized carbons (Fsp3) is 0.583. The molecule has 1 aromatic rings. The van der Waals surface area contributed by atoms with Crippen LogP contribution >= 0.6 is 0 Å². The van der Waals surface area contributed by atoms with Crippen molar-refractivity contribution in [2.75, 3.05) is 0 Å². The number of piperidine rings is 1. The number of aromatic nitrogens is 1. The second-order valence-electron chi connectivity index (χ2n) is 4.85. The molecule has 0 saturated carbocycles. The van der Waals surface area contributed by atoms with E-state index >= 15 is 0 Å². The molecule has 1 saturated heterocycles. The molecule has 1 aromatic heterocycles. The van der Waals surface area contributed by atoms with Gasteiger partial charge in [-0.05, 0) is 32.8 Å². The Morgan fingerprint density at radius 3 is 2.33 bits per heavy atom. The Morgan fingerprint density at radius 1 is 1.22 bits per heavy atom. The van der Waals surface area contributed by atoms with Gasteiger partial charge in [0.15, 0.2) is 0 Å². The highest BCUT2D eigenvalue weighted by atomic mass is 32.2. The molecule has 2 rings (SSSR count). The molecule has 0 spiro atoms. The van der Waals surface area contributed by atoms with Gasteiger partial charge in [0, 0.05) is 24.3 Å². The van der Waals surface area contributed by atoms with Gasteiger partial charge in [-0.3, -0.25) is 4.79 Å². The highest BCUT2D eigenvalue weighted by molar-refractivity contribution is 7.89. The number of hydrogen-bond donors (Lipinski definition) is 1. The monoisotopic (exact) mass is 270 g/mol. The summed E-state index contributed by atoms with van der Waals surface area (Å²) >= 11 is 0. The van der Waals surface area contributed by atoms with Crippen molar-refractivity contribution in [3.8, 4) is 0 Å². The van der Waals surface area contributed by atoms with Gasteiger partial charge in [-0.1, -0.05) is 6.42 Å². The van der Waals surface area contributed by atoms with E-state index in [9.17, 15) is 13.2 Å². The van der Waals surface area contributed by atoms with Crippen LogP contribution in [0.2, 0.25) is 0 Å². The smallest absolute Gasteiger partial charge is 0.247 e. The summed E-state index contributed by atoms with van der Waals surface area (Å²) in [5, 5.41) is 0. The predicted octanol–water partition coefficient (Wildman–Crippen LogP) is 1.33. The van der Waals surface area contributed by atoms with Gasteiger partial charge in [0.05, 0.1) is 4.90 Å². The minimum Gasteiger partial charge on any atom is -0.328 e. The number of pyridine rings is 1. The predicted molar refractivity (Wildman–Crippen MR) is 68.9 cm³/mol. The standard InChI is InChI=1S/C12H18N2O3S/c1-9-4-3-5-10(2)14(9)18(16,17)11-6-7-12(15)13-8-11/h6-10H,3-5H2,1-2H3,(H,13,15). The summed E-state index contributed by atoms with van der Waals surface area (Å²) in [4.78, 5) is 13.6. The maximum absolute atomic E-state index is 12.5. The van der Waals surface area contributed by atoms with Crippen LogP contribution in [0.4, 0.5) is 0 Å². The van der Waals surface area contributed by atoms with Crippen molar-refractivity contribution in [2.45, 2.75) is 50.1 Å². The average Bonchev–Trinajstić information content (AvgIpc) is 2.29. The molecule has 0 aromatic carbocycles. The van der Waals surface area contributed by atoms with E-state index in [1.54, 1.807) is 4.31 Å². The number of sulfonamides is 1.